The zero-order chi connectivity index (χ0) is 12.9. The number of benzene rings is 1. The number of nitrogens with one attached hydrogen (secondary N) is 1. The molecule has 19 heavy (non-hydrogen) atoms. The van der Waals surface area contributed by atoms with E-state index in [2.05, 4.69) is 47.4 Å². The monoisotopic (exact) mass is 275 g/mol. The highest BCUT2D eigenvalue weighted by Crippen LogP contribution is 2.33. The Morgan fingerprint density at radius 3 is 2.11 bits per heavy atom. The van der Waals surface area contributed by atoms with Crippen LogP contribution in [-0.2, 0) is 0 Å². The molecule has 1 N–H and O–H groups in total. The quantitative estimate of drug-likeness (QED) is 0.887. The molecular weight excluding hydrogens is 250 g/mol. The minimum atomic E-state index is 0.785. The van der Waals surface area contributed by atoms with E-state index >= 15 is 0 Å². The molecule has 2 heteroatoms. The average molecular weight is 275 g/mol. The molecule has 0 aromatic heterocycles. The van der Waals surface area contributed by atoms with E-state index in [9.17, 15) is 0 Å². The Kier molecular flexibility index (Phi) is 4.84. The fourth-order valence-electron chi connectivity index (χ4n) is 3.52. The van der Waals surface area contributed by atoms with Gasteiger partial charge in [0.25, 0.3) is 0 Å². The maximum absolute atomic E-state index is 3.92. The molecule has 104 valence electrons. The van der Waals surface area contributed by atoms with Crippen LogP contribution in [0.25, 0.3) is 0 Å². The van der Waals surface area contributed by atoms with Gasteiger partial charge in [0.15, 0.2) is 0 Å². The Hall–Kier alpha value is -0.470. The second-order valence-electron chi connectivity index (χ2n) is 6.01. The van der Waals surface area contributed by atoms with Gasteiger partial charge in [0.2, 0.25) is 0 Å². The van der Waals surface area contributed by atoms with Gasteiger partial charge >= 0.3 is 0 Å². The van der Waals surface area contributed by atoms with E-state index in [0.717, 1.165) is 18.0 Å². The van der Waals surface area contributed by atoms with Crippen LogP contribution in [0.2, 0.25) is 0 Å². The molecular formula is C17H25NS. The highest BCUT2D eigenvalue weighted by molar-refractivity contribution is 7.99. The van der Waals surface area contributed by atoms with Crippen molar-refractivity contribution in [2.45, 2.75) is 56.5 Å². The number of thioether (sulfide) groups is 1. The first-order valence-corrected chi connectivity index (χ1v) is 8.96. The molecule has 0 bridgehead atoms. The van der Waals surface area contributed by atoms with E-state index in [0.29, 0.717) is 0 Å². The molecule has 1 aromatic carbocycles. The first-order valence-electron chi connectivity index (χ1n) is 7.80. The standard InChI is InChI=1S/C17H25NS/c1-2-4-14(5-3-1)15-6-8-16(9-7-15)18-17-10-12-19-13-11-17/h1-5,15-18H,6-13H2. The van der Waals surface area contributed by atoms with E-state index in [-0.39, 0.29) is 0 Å². The summed E-state index contributed by atoms with van der Waals surface area (Å²) in [5, 5.41) is 3.92. The van der Waals surface area contributed by atoms with E-state index in [4.69, 9.17) is 0 Å². The molecule has 1 heterocycles. The van der Waals surface area contributed by atoms with E-state index in [1.165, 1.54) is 50.0 Å². The van der Waals surface area contributed by atoms with Gasteiger partial charge in [-0.1, -0.05) is 30.3 Å². The molecule has 1 nitrogen and oxygen atoms in total. The number of hydrogen-bond acceptors (Lipinski definition) is 2. The van der Waals surface area contributed by atoms with Crippen LogP contribution < -0.4 is 5.32 Å². The molecule has 0 radical (unpaired) electrons. The molecule has 1 saturated carbocycles. The van der Waals surface area contributed by atoms with Gasteiger partial charge in [0.1, 0.15) is 0 Å². The van der Waals surface area contributed by atoms with Crippen LogP contribution in [0, 0.1) is 0 Å². The predicted octanol–water partition coefficient (Wildman–Crippen LogP) is 4.20. The van der Waals surface area contributed by atoms with Gasteiger partial charge in [0.05, 0.1) is 0 Å². The number of rotatable bonds is 3. The van der Waals surface area contributed by atoms with Crippen molar-refractivity contribution in [3.63, 3.8) is 0 Å². The number of hydrogen-bond donors (Lipinski definition) is 1. The van der Waals surface area contributed by atoms with Crippen molar-refractivity contribution in [3.8, 4) is 0 Å². The van der Waals surface area contributed by atoms with Crippen molar-refractivity contribution in [2.75, 3.05) is 11.5 Å². The molecule has 3 rings (SSSR count). The van der Waals surface area contributed by atoms with Gasteiger partial charge in [-0.05, 0) is 61.5 Å². The van der Waals surface area contributed by atoms with Crippen molar-refractivity contribution in [3.05, 3.63) is 35.9 Å². The summed E-state index contributed by atoms with van der Waals surface area (Å²) in [7, 11) is 0. The fourth-order valence-corrected chi connectivity index (χ4v) is 4.62. The topological polar surface area (TPSA) is 12.0 Å². The fraction of sp³-hybridized carbons (Fsp3) is 0.647. The molecule has 0 unspecified atom stereocenters. The van der Waals surface area contributed by atoms with Gasteiger partial charge in [-0.3, -0.25) is 0 Å². The SMILES string of the molecule is c1ccc(C2CCC(NC3CCSCC3)CC2)cc1. The van der Waals surface area contributed by atoms with Crippen molar-refractivity contribution >= 4 is 11.8 Å². The lowest BCUT2D eigenvalue weighted by Crippen LogP contribution is -2.42. The van der Waals surface area contributed by atoms with E-state index in [1.54, 1.807) is 5.56 Å². The van der Waals surface area contributed by atoms with Crippen LogP contribution in [-0.4, -0.2) is 23.6 Å². The highest BCUT2D eigenvalue weighted by Gasteiger charge is 2.24. The highest BCUT2D eigenvalue weighted by atomic mass is 32.2. The van der Waals surface area contributed by atoms with Gasteiger partial charge in [-0.2, -0.15) is 11.8 Å². The second-order valence-corrected chi connectivity index (χ2v) is 7.24. The van der Waals surface area contributed by atoms with Crippen molar-refractivity contribution < 1.29 is 0 Å². The zero-order valence-electron chi connectivity index (χ0n) is 11.7. The lowest BCUT2D eigenvalue weighted by Gasteiger charge is -2.33. The third-order valence-electron chi connectivity index (χ3n) is 4.69. The molecule has 0 atom stereocenters. The van der Waals surface area contributed by atoms with Crippen molar-refractivity contribution in [1.82, 2.24) is 5.32 Å². The molecule has 1 aromatic rings. The summed E-state index contributed by atoms with van der Waals surface area (Å²) in [6.07, 6.45) is 8.21. The third kappa shape index (κ3) is 3.76. The first-order chi connectivity index (χ1) is 9.42. The van der Waals surface area contributed by atoms with Crippen LogP contribution in [0.4, 0.5) is 0 Å². The van der Waals surface area contributed by atoms with E-state index in [1.807, 2.05) is 0 Å². The largest absolute Gasteiger partial charge is 0.311 e. The van der Waals surface area contributed by atoms with Crippen molar-refractivity contribution in [1.29, 1.82) is 0 Å². The minimum Gasteiger partial charge on any atom is -0.311 e. The summed E-state index contributed by atoms with van der Waals surface area (Å²) in [6, 6.07) is 12.7. The maximum atomic E-state index is 3.92. The van der Waals surface area contributed by atoms with Crippen LogP contribution in [0.15, 0.2) is 30.3 Å². The van der Waals surface area contributed by atoms with Gasteiger partial charge in [-0.15, -0.1) is 0 Å². The molecule has 2 fully saturated rings. The van der Waals surface area contributed by atoms with Crippen LogP contribution >= 0.6 is 11.8 Å². The molecule has 0 spiro atoms. The average Bonchev–Trinajstić information content (AvgIpc) is 2.50. The molecule has 1 saturated heterocycles. The second kappa shape index (κ2) is 6.81. The maximum Gasteiger partial charge on any atom is 0.00853 e. The molecule has 1 aliphatic heterocycles. The zero-order valence-corrected chi connectivity index (χ0v) is 12.5. The van der Waals surface area contributed by atoms with Gasteiger partial charge in [0, 0.05) is 12.1 Å². The predicted molar refractivity (Wildman–Crippen MR) is 84.9 cm³/mol. The smallest absolute Gasteiger partial charge is 0.00853 e. The Bertz CT molecular complexity index is 364. The first kappa shape index (κ1) is 13.5. The van der Waals surface area contributed by atoms with E-state index < -0.39 is 0 Å². The summed E-state index contributed by atoms with van der Waals surface area (Å²) in [5.74, 6) is 3.52. The third-order valence-corrected chi connectivity index (χ3v) is 5.74. The summed E-state index contributed by atoms with van der Waals surface area (Å²) < 4.78 is 0. The molecule has 1 aliphatic carbocycles. The normalized spacial score (nSPS) is 29.3. The van der Waals surface area contributed by atoms with Crippen LogP contribution in [0.3, 0.4) is 0 Å². The Labute approximate surface area is 121 Å². The molecule has 2 aliphatic rings. The minimum absolute atomic E-state index is 0.785. The Morgan fingerprint density at radius 1 is 0.789 bits per heavy atom. The van der Waals surface area contributed by atoms with Gasteiger partial charge in [-0.25, -0.2) is 0 Å². The summed E-state index contributed by atoms with van der Waals surface area (Å²) in [4.78, 5) is 0. The molecule has 0 amide bonds. The Morgan fingerprint density at radius 2 is 1.42 bits per heavy atom. The Balaban J connectivity index is 1.46. The summed E-state index contributed by atoms with van der Waals surface area (Å²) >= 11 is 2.12. The van der Waals surface area contributed by atoms with Crippen LogP contribution in [0.1, 0.15) is 50.0 Å². The summed E-state index contributed by atoms with van der Waals surface area (Å²) in [5.41, 5.74) is 1.55. The van der Waals surface area contributed by atoms with Gasteiger partial charge < -0.3 is 5.32 Å². The van der Waals surface area contributed by atoms with Crippen LogP contribution in [0.5, 0.6) is 0 Å². The lowest BCUT2D eigenvalue weighted by molar-refractivity contribution is 0.306. The summed E-state index contributed by atoms with van der Waals surface area (Å²) in [6.45, 7) is 0. The lowest BCUT2D eigenvalue weighted by atomic mass is 9.81. The van der Waals surface area contributed by atoms with Crippen molar-refractivity contribution in [2.24, 2.45) is 0 Å².